The smallest absolute Gasteiger partial charge is 0.168 e. The standard InChI is InChI=1S/C14H12FNO2/c15-9-6-4-8(5-7-9)13-14(18)12-10(16-13)2-1-3-11(12)17/h4-7,16,18H,1-3H2. The van der Waals surface area contributed by atoms with Gasteiger partial charge < -0.3 is 10.1 Å². The molecule has 3 nitrogen and oxygen atoms in total. The first-order chi connectivity index (χ1) is 8.66. The summed E-state index contributed by atoms with van der Waals surface area (Å²) in [7, 11) is 0. The first-order valence-electron chi connectivity index (χ1n) is 5.90. The fourth-order valence-electron chi connectivity index (χ4n) is 2.40. The molecule has 1 aliphatic carbocycles. The van der Waals surface area contributed by atoms with Gasteiger partial charge in [0.05, 0.1) is 11.3 Å². The molecule has 1 aromatic carbocycles. The van der Waals surface area contributed by atoms with E-state index in [0.29, 0.717) is 23.2 Å². The van der Waals surface area contributed by atoms with Crippen molar-refractivity contribution in [1.82, 2.24) is 4.98 Å². The molecule has 18 heavy (non-hydrogen) atoms. The van der Waals surface area contributed by atoms with E-state index in [1.54, 1.807) is 12.1 Å². The topological polar surface area (TPSA) is 53.1 Å². The van der Waals surface area contributed by atoms with Crippen LogP contribution in [-0.2, 0) is 6.42 Å². The van der Waals surface area contributed by atoms with Gasteiger partial charge in [-0.05, 0) is 37.1 Å². The quantitative estimate of drug-likeness (QED) is 0.811. The van der Waals surface area contributed by atoms with E-state index in [4.69, 9.17) is 0 Å². The minimum Gasteiger partial charge on any atom is -0.505 e. The number of halogens is 1. The zero-order chi connectivity index (χ0) is 12.7. The van der Waals surface area contributed by atoms with Gasteiger partial charge in [-0.1, -0.05) is 0 Å². The molecule has 92 valence electrons. The van der Waals surface area contributed by atoms with E-state index in [1.807, 2.05) is 0 Å². The van der Waals surface area contributed by atoms with Crippen LogP contribution in [0.1, 0.15) is 28.9 Å². The SMILES string of the molecule is O=C1CCCc2[nH]c(-c3ccc(F)cc3)c(O)c21. The second kappa shape index (κ2) is 3.98. The molecule has 0 fully saturated rings. The van der Waals surface area contributed by atoms with Gasteiger partial charge in [0.2, 0.25) is 0 Å². The van der Waals surface area contributed by atoms with Crippen molar-refractivity contribution in [3.05, 3.63) is 41.3 Å². The fraction of sp³-hybridized carbons (Fsp3) is 0.214. The Morgan fingerprint density at radius 1 is 1.17 bits per heavy atom. The third-order valence-electron chi connectivity index (χ3n) is 3.29. The van der Waals surface area contributed by atoms with Crippen LogP contribution in [0, 0.1) is 5.82 Å². The third-order valence-corrected chi connectivity index (χ3v) is 3.29. The molecule has 0 amide bonds. The first-order valence-corrected chi connectivity index (χ1v) is 5.90. The molecule has 2 aromatic rings. The van der Waals surface area contributed by atoms with Crippen LogP contribution >= 0.6 is 0 Å². The molecule has 1 aliphatic rings. The average molecular weight is 245 g/mol. The highest BCUT2D eigenvalue weighted by Crippen LogP contribution is 2.37. The number of benzene rings is 1. The Hall–Kier alpha value is -2.10. The number of carbonyl (C=O) groups is 1. The van der Waals surface area contributed by atoms with Gasteiger partial charge in [-0.25, -0.2) is 4.39 Å². The number of ketones is 1. The lowest BCUT2D eigenvalue weighted by Gasteiger charge is -2.08. The summed E-state index contributed by atoms with van der Waals surface area (Å²) in [5, 5.41) is 10.1. The summed E-state index contributed by atoms with van der Waals surface area (Å²) in [6.45, 7) is 0. The number of aromatic hydroxyl groups is 1. The number of aromatic nitrogens is 1. The van der Waals surface area contributed by atoms with Crippen LogP contribution in [0.4, 0.5) is 4.39 Å². The van der Waals surface area contributed by atoms with Crippen molar-refractivity contribution in [1.29, 1.82) is 0 Å². The predicted molar refractivity (Wildman–Crippen MR) is 65.1 cm³/mol. The summed E-state index contributed by atoms with van der Waals surface area (Å²) in [5.74, 6) is -0.370. The highest BCUT2D eigenvalue weighted by atomic mass is 19.1. The molecule has 3 rings (SSSR count). The van der Waals surface area contributed by atoms with Crippen molar-refractivity contribution < 1.29 is 14.3 Å². The third kappa shape index (κ3) is 1.61. The molecule has 2 N–H and O–H groups in total. The van der Waals surface area contributed by atoms with E-state index in [1.165, 1.54) is 12.1 Å². The van der Waals surface area contributed by atoms with E-state index in [0.717, 1.165) is 18.5 Å². The predicted octanol–water partition coefficient (Wildman–Crippen LogP) is 3.05. The van der Waals surface area contributed by atoms with Gasteiger partial charge in [0.1, 0.15) is 5.82 Å². The number of hydrogen-bond acceptors (Lipinski definition) is 2. The maximum atomic E-state index is 12.9. The number of aryl methyl sites for hydroxylation is 1. The molecular formula is C14H12FNO2. The van der Waals surface area contributed by atoms with Crippen LogP contribution in [0.3, 0.4) is 0 Å². The zero-order valence-electron chi connectivity index (χ0n) is 9.66. The van der Waals surface area contributed by atoms with Crippen LogP contribution in [-0.4, -0.2) is 15.9 Å². The highest BCUT2D eigenvalue weighted by Gasteiger charge is 2.26. The van der Waals surface area contributed by atoms with Crippen molar-refractivity contribution in [2.24, 2.45) is 0 Å². The Kier molecular flexibility index (Phi) is 2.44. The lowest BCUT2D eigenvalue weighted by Crippen LogP contribution is -2.08. The molecule has 0 bridgehead atoms. The Morgan fingerprint density at radius 2 is 1.89 bits per heavy atom. The Morgan fingerprint density at radius 3 is 2.56 bits per heavy atom. The summed E-state index contributed by atoms with van der Waals surface area (Å²) >= 11 is 0. The maximum absolute atomic E-state index is 12.9. The van der Waals surface area contributed by atoms with Gasteiger partial charge in [-0.2, -0.15) is 0 Å². The van der Waals surface area contributed by atoms with E-state index in [2.05, 4.69) is 4.98 Å². The van der Waals surface area contributed by atoms with E-state index in [-0.39, 0.29) is 17.3 Å². The van der Waals surface area contributed by atoms with Crippen LogP contribution < -0.4 is 0 Å². The van der Waals surface area contributed by atoms with Crippen molar-refractivity contribution in [3.8, 4) is 17.0 Å². The second-order valence-corrected chi connectivity index (χ2v) is 4.49. The largest absolute Gasteiger partial charge is 0.505 e. The van der Waals surface area contributed by atoms with Crippen LogP contribution in [0.5, 0.6) is 5.75 Å². The van der Waals surface area contributed by atoms with Gasteiger partial charge >= 0.3 is 0 Å². The molecule has 0 atom stereocenters. The number of carbonyl (C=O) groups excluding carboxylic acids is 1. The summed E-state index contributed by atoms with van der Waals surface area (Å²) in [6.07, 6.45) is 2.03. The van der Waals surface area contributed by atoms with E-state index in [9.17, 15) is 14.3 Å². The van der Waals surface area contributed by atoms with E-state index < -0.39 is 0 Å². The van der Waals surface area contributed by atoms with Crippen LogP contribution in [0.2, 0.25) is 0 Å². The van der Waals surface area contributed by atoms with Crippen molar-refractivity contribution in [3.63, 3.8) is 0 Å². The Bertz CT molecular complexity index is 613. The maximum Gasteiger partial charge on any atom is 0.168 e. The molecular weight excluding hydrogens is 233 g/mol. The number of H-pyrrole nitrogens is 1. The summed E-state index contributed by atoms with van der Waals surface area (Å²) in [6, 6.07) is 5.82. The minimum atomic E-state index is -0.328. The van der Waals surface area contributed by atoms with Gasteiger partial charge in [-0.3, -0.25) is 4.79 Å². The lowest BCUT2D eigenvalue weighted by atomic mass is 9.96. The number of Topliss-reactive ketones (excluding diaryl/α,β-unsaturated/α-hetero) is 1. The van der Waals surface area contributed by atoms with Gasteiger partial charge in [0.25, 0.3) is 0 Å². The van der Waals surface area contributed by atoms with Crippen LogP contribution in [0.15, 0.2) is 24.3 Å². The summed E-state index contributed by atoms with van der Waals surface area (Å²) in [4.78, 5) is 14.8. The van der Waals surface area contributed by atoms with Crippen molar-refractivity contribution >= 4 is 5.78 Å². The number of aromatic amines is 1. The average Bonchev–Trinajstić information content (AvgIpc) is 2.69. The Balaban J connectivity index is 2.14. The first kappa shape index (κ1) is 11.0. The molecule has 0 radical (unpaired) electrons. The highest BCUT2D eigenvalue weighted by molar-refractivity contribution is 6.02. The van der Waals surface area contributed by atoms with Crippen molar-refractivity contribution in [2.75, 3.05) is 0 Å². The van der Waals surface area contributed by atoms with Gasteiger partial charge in [-0.15, -0.1) is 0 Å². The zero-order valence-corrected chi connectivity index (χ0v) is 9.66. The summed E-state index contributed by atoms with van der Waals surface area (Å²) in [5.41, 5.74) is 2.36. The number of nitrogens with one attached hydrogen (secondary N) is 1. The fourth-order valence-corrected chi connectivity index (χ4v) is 2.40. The Labute approximate surface area is 103 Å². The monoisotopic (exact) mass is 245 g/mol. The van der Waals surface area contributed by atoms with E-state index >= 15 is 0 Å². The van der Waals surface area contributed by atoms with Gasteiger partial charge in [0, 0.05) is 17.7 Å². The summed E-state index contributed by atoms with van der Waals surface area (Å²) < 4.78 is 12.9. The molecule has 1 aromatic heterocycles. The second-order valence-electron chi connectivity index (χ2n) is 4.49. The number of hydrogen-bond donors (Lipinski definition) is 2. The molecule has 4 heteroatoms. The molecule has 0 spiro atoms. The molecule has 0 saturated heterocycles. The molecule has 0 saturated carbocycles. The molecule has 0 unspecified atom stereocenters. The lowest BCUT2D eigenvalue weighted by molar-refractivity contribution is 0.0970. The van der Waals surface area contributed by atoms with Gasteiger partial charge in [0.15, 0.2) is 11.5 Å². The van der Waals surface area contributed by atoms with Crippen LogP contribution in [0.25, 0.3) is 11.3 Å². The molecule has 0 aliphatic heterocycles. The number of rotatable bonds is 1. The minimum absolute atomic E-state index is 0.0127. The number of fused-ring (bicyclic) bond motifs is 1. The van der Waals surface area contributed by atoms with Crippen molar-refractivity contribution in [2.45, 2.75) is 19.3 Å². The normalized spacial score (nSPS) is 14.6. The molecule has 1 heterocycles.